The van der Waals surface area contributed by atoms with Gasteiger partial charge in [-0.15, -0.1) is 11.3 Å². The molecule has 294 valence electrons. The molecule has 5 aromatic heterocycles. The summed E-state index contributed by atoms with van der Waals surface area (Å²) in [7, 11) is 0. The van der Waals surface area contributed by atoms with E-state index in [1.54, 1.807) is 11.3 Å². The molecule has 0 unspecified atom stereocenters. The van der Waals surface area contributed by atoms with Crippen LogP contribution in [0.2, 0.25) is 0 Å². The van der Waals surface area contributed by atoms with Crippen LogP contribution in [0, 0.1) is 0 Å². The van der Waals surface area contributed by atoms with Gasteiger partial charge in [-0.2, -0.15) is 19.9 Å². The smallest absolute Gasteiger partial charge is 0.238 e. The van der Waals surface area contributed by atoms with E-state index in [-0.39, 0.29) is 0 Å². The lowest BCUT2D eigenvalue weighted by molar-refractivity contribution is 0.952. The lowest BCUT2D eigenvalue weighted by atomic mass is 10.1. The van der Waals surface area contributed by atoms with Crippen LogP contribution in [-0.2, 0) is 0 Å². The topological polar surface area (TPSA) is 87.2 Å². The maximum absolute atomic E-state index is 5.30. The van der Waals surface area contributed by atoms with Crippen LogP contribution in [0.4, 0.5) is 0 Å². The molecule has 13 rings (SSSR count). The Balaban J connectivity index is 1.10. The molecule has 0 spiro atoms. The highest BCUT2D eigenvalue weighted by atomic mass is 32.1. The zero-order chi connectivity index (χ0) is 41.4. The highest BCUT2D eigenvalue weighted by Gasteiger charge is 2.23. The maximum atomic E-state index is 5.30. The highest BCUT2D eigenvalue weighted by molar-refractivity contribution is 7.26. The van der Waals surface area contributed by atoms with Gasteiger partial charge >= 0.3 is 0 Å². The molecule has 0 radical (unpaired) electrons. The number of aromatic nitrogens is 8. The Hall–Kier alpha value is -8.40. The van der Waals surface area contributed by atoms with Gasteiger partial charge in [0.1, 0.15) is 0 Å². The van der Waals surface area contributed by atoms with Crippen molar-refractivity contribution in [3.05, 3.63) is 194 Å². The van der Waals surface area contributed by atoms with Crippen molar-refractivity contribution in [2.24, 2.45) is 0 Å². The molecule has 0 saturated heterocycles. The van der Waals surface area contributed by atoms with Crippen LogP contribution in [0.3, 0.4) is 0 Å². The van der Waals surface area contributed by atoms with E-state index in [0.717, 1.165) is 71.3 Å². The Labute approximate surface area is 364 Å². The van der Waals surface area contributed by atoms with E-state index in [9.17, 15) is 0 Å². The third-order valence-electron chi connectivity index (χ3n) is 11.8. The largest absolute Gasteiger partial charge is 0.278 e. The van der Waals surface area contributed by atoms with Gasteiger partial charge < -0.3 is 0 Å². The fourth-order valence-electron chi connectivity index (χ4n) is 9.01. The molecule has 0 atom stereocenters. The zero-order valence-electron chi connectivity index (χ0n) is 33.5. The Bertz CT molecular complexity index is 3800. The molecule has 13 aromatic rings. The first-order chi connectivity index (χ1) is 31.2. The van der Waals surface area contributed by atoms with Crippen LogP contribution in [0.15, 0.2) is 194 Å². The van der Waals surface area contributed by atoms with E-state index in [2.05, 4.69) is 112 Å². The molecule has 9 heteroatoms. The van der Waals surface area contributed by atoms with Gasteiger partial charge in [-0.05, 0) is 42.5 Å². The number of hydrogen-bond acceptors (Lipinski definition) is 7. The van der Waals surface area contributed by atoms with E-state index in [1.165, 1.54) is 14.8 Å². The van der Waals surface area contributed by atoms with Crippen molar-refractivity contribution in [1.82, 2.24) is 39.0 Å². The van der Waals surface area contributed by atoms with Gasteiger partial charge in [0.15, 0.2) is 23.3 Å². The van der Waals surface area contributed by atoms with Crippen molar-refractivity contribution in [3.8, 4) is 57.4 Å². The van der Waals surface area contributed by atoms with Crippen molar-refractivity contribution in [2.75, 3.05) is 0 Å². The summed E-state index contributed by atoms with van der Waals surface area (Å²) in [6, 6.07) is 66.8. The molecule has 0 aliphatic rings. The molecule has 63 heavy (non-hydrogen) atoms. The zero-order valence-corrected chi connectivity index (χ0v) is 34.3. The second-order valence-corrected chi connectivity index (χ2v) is 16.6. The summed E-state index contributed by atoms with van der Waals surface area (Å²) in [6.45, 7) is 0. The first-order valence-corrected chi connectivity index (χ1v) is 21.6. The van der Waals surface area contributed by atoms with E-state index in [0.29, 0.717) is 35.2 Å². The third kappa shape index (κ3) is 5.67. The van der Waals surface area contributed by atoms with Gasteiger partial charge in [0.05, 0.1) is 22.1 Å². The molecule has 0 aliphatic heterocycles. The Morgan fingerprint density at radius 1 is 0.302 bits per heavy atom. The predicted octanol–water partition coefficient (Wildman–Crippen LogP) is 13.3. The molecule has 0 N–H and O–H groups in total. The van der Waals surface area contributed by atoms with Crippen molar-refractivity contribution in [1.29, 1.82) is 0 Å². The van der Waals surface area contributed by atoms with Crippen molar-refractivity contribution >= 4 is 75.1 Å². The van der Waals surface area contributed by atoms with Crippen LogP contribution in [-0.4, -0.2) is 39.0 Å². The lowest BCUT2D eigenvalue weighted by Gasteiger charge is -2.12. The number of hydrogen-bond donors (Lipinski definition) is 0. The van der Waals surface area contributed by atoms with Gasteiger partial charge in [0.25, 0.3) is 0 Å². The van der Waals surface area contributed by atoms with Crippen molar-refractivity contribution < 1.29 is 0 Å². The van der Waals surface area contributed by atoms with Gasteiger partial charge in [-0.25, -0.2) is 9.97 Å². The maximum Gasteiger partial charge on any atom is 0.238 e. The minimum Gasteiger partial charge on any atom is -0.278 e. The van der Waals surface area contributed by atoms with Crippen molar-refractivity contribution in [2.45, 2.75) is 0 Å². The quantitative estimate of drug-likeness (QED) is 0.166. The number of thiophene rings is 1. The van der Waals surface area contributed by atoms with E-state index >= 15 is 0 Å². The van der Waals surface area contributed by atoms with Gasteiger partial charge in [-0.3, -0.25) is 9.13 Å². The number of para-hydroxylation sites is 2. The van der Waals surface area contributed by atoms with Gasteiger partial charge in [0.2, 0.25) is 11.9 Å². The number of nitrogens with zero attached hydrogens (tertiary/aromatic N) is 8. The summed E-state index contributed by atoms with van der Waals surface area (Å²) >= 11 is 1.80. The lowest BCUT2D eigenvalue weighted by Crippen LogP contribution is -2.07. The Kier molecular flexibility index (Phi) is 7.91. The molecule has 0 amide bonds. The van der Waals surface area contributed by atoms with Gasteiger partial charge in [0, 0.05) is 64.0 Å². The average Bonchev–Trinajstić information content (AvgIpc) is 4.02. The summed E-state index contributed by atoms with van der Waals surface area (Å²) in [5.41, 5.74) is 7.65. The molecular formula is C54H32N8S. The van der Waals surface area contributed by atoms with Crippen molar-refractivity contribution in [3.63, 3.8) is 0 Å². The minimum absolute atomic E-state index is 0.540. The van der Waals surface area contributed by atoms with E-state index < -0.39 is 0 Å². The molecule has 0 aliphatic carbocycles. The molecule has 5 heterocycles. The summed E-state index contributed by atoms with van der Waals surface area (Å²) in [5.74, 6) is 3.46. The molecular weight excluding hydrogens is 793 g/mol. The number of fused-ring (bicyclic) bond motifs is 10. The monoisotopic (exact) mass is 824 g/mol. The van der Waals surface area contributed by atoms with Gasteiger partial charge in [-0.1, -0.05) is 152 Å². The SMILES string of the molecule is c1ccc(-c2nc(-c3ccc4c(c3)c3ccc5sc6ccccc6c5c3n4-c3nc(-c4ccccc4)nc(-c4ccccc4)n3)nc(-n3c4ccccc4c4ccccc43)n2)cc1. The fourth-order valence-corrected chi connectivity index (χ4v) is 10.1. The average molecular weight is 825 g/mol. The third-order valence-corrected chi connectivity index (χ3v) is 13.0. The highest BCUT2D eigenvalue weighted by Crippen LogP contribution is 2.44. The first kappa shape index (κ1) is 35.4. The molecule has 0 bridgehead atoms. The standard InChI is InChI=1S/C54H32N8S/c1-4-16-33(17-5-1)49-55-50(34-18-6-2-7-19-34)59-54(58-49)62-44-30-28-36(32-41(44)39-29-31-46-47(48(39)62)40-24-12-15-27-45(40)63-46)52-56-51(35-20-8-3-9-21-35)57-53(60-52)61-42-25-13-10-22-37(42)38-23-11-14-26-43(38)61/h1-32H. The normalized spacial score (nSPS) is 11.8. The van der Waals surface area contributed by atoms with Crippen LogP contribution in [0.25, 0.3) is 121 Å². The summed E-state index contributed by atoms with van der Waals surface area (Å²) < 4.78 is 6.79. The van der Waals surface area contributed by atoms with Crippen LogP contribution in [0.1, 0.15) is 0 Å². The summed E-state index contributed by atoms with van der Waals surface area (Å²) in [6.07, 6.45) is 0. The van der Waals surface area contributed by atoms with E-state index in [4.69, 9.17) is 29.9 Å². The minimum atomic E-state index is 0.540. The van der Waals surface area contributed by atoms with E-state index in [1.807, 2.05) is 91.0 Å². The number of rotatable bonds is 6. The second kappa shape index (κ2) is 14.1. The summed E-state index contributed by atoms with van der Waals surface area (Å²) in [5, 5.41) is 6.74. The second-order valence-electron chi connectivity index (χ2n) is 15.5. The number of benzene rings is 8. The van der Waals surface area contributed by atoms with Crippen LogP contribution in [0.5, 0.6) is 0 Å². The van der Waals surface area contributed by atoms with Crippen LogP contribution >= 0.6 is 11.3 Å². The molecule has 8 nitrogen and oxygen atoms in total. The molecule has 0 saturated carbocycles. The Morgan fingerprint density at radius 2 is 0.762 bits per heavy atom. The predicted molar refractivity (Wildman–Crippen MR) is 257 cm³/mol. The fraction of sp³-hybridized carbons (Fsp3) is 0. The van der Waals surface area contributed by atoms with Crippen LogP contribution < -0.4 is 0 Å². The molecule has 8 aromatic carbocycles. The molecule has 0 fully saturated rings. The Morgan fingerprint density at radius 3 is 1.33 bits per heavy atom. The first-order valence-electron chi connectivity index (χ1n) is 20.8. The summed E-state index contributed by atoms with van der Waals surface area (Å²) in [4.78, 5) is 31.2.